The lowest BCUT2D eigenvalue weighted by Gasteiger charge is -2.07. The first-order chi connectivity index (χ1) is 5.38. The van der Waals surface area contributed by atoms with Gasteiger partial charge >= 0.3 is 0 Å². The van der Waals surface area contributed by atoms with E-state index in [1.807, 2.05) is 24.3 Å². The molecular formula is C8H10BrNO. The molecule has 0 unspecified atom stereocenters. The second-order valence-electron chi connectivity index (χ2n) is 2.01. The third-order valence-corrected chi connectivity index (χ3v) is 1.64. The molecule has 0 saturated heterocycles. The first-order valence-electron chi connectivity index (χ1n) is 3.31. The number of anilines is 1. The van der Waals surface area contributed by atoms with E-state index in [2.05, 4.69) is 21.2 Å². The molecule has 1 rings (SSSR count). The fourth-order valence-electron chi connectivity index (χ4n) is 0.863. The molecule has 0 spiro atoms. The van der Waals surface area contributed by atoms with Crippen LogP contribution in [0.4, 0.5) is 5.69 Å². The van der Waals surface area contributed by atoms with Gasteiger partial charge < -0.3 is 10.1 Å². The Morgan fingerprint density at radius 2 is 2.18 bits per heavy atom. The number of methoxy groups -OCH3 is 1. The van der Waals surface area contributed by atoms with Gasteiger partial charge in [0.25, 0.3) is 0 Å². The molecule has 1 N–H and O–H groups in total. The number of nitrogens with one attached hydrogen (secondary N) is 1. The van der Waals surface area contributed by atoms with Crippen molar-refractivity contribution in [3.8, 4) is 5.75 Å². The number of para-hydroxylation sites is 2. The Morgan fingerprint density at radius 3 is 2.82 bits per heavy atom. The van der Waals surface area contributed by atoms with E-state index in [9.17, 15) is 0 Å². The minimum Gasteiger partial charge on any atom is -0.495 e. The monoisotopic (exact) mass is 215 g/mol. The molecule has 0 aliphatic carbocycles. The number of hydrogen-bond acceptors (Lipinski definition) is 2. The van der Waals surface area contributed by atoms with Gasteiger partial charge in [-0.05, 0) is 12.1 Å². The zero-order chi connectivity index (χ0) is 8.10. The van der Waals surface area contributed by atoms with E-state index >= 15 is 0 Å². The van der Waals surface area contributed by atoms with Gasteiger partial charge in [0.2, 0.25) is 0 Å². The van der Waals surface area contributed by atoms with Crippen LogP contribution < -0.4 is 10.1 Å². The fourth-order valence-corrected chi connectivity index (χ4v) is 1.16. The smallest absolute Gasteiger partial charge is 0.141 e. The summed E-state index contributed by atoms with van der Waals surface area (Å²) < 4.78 is 5.11. The van der Waals surface area contributed by atoms with Gasteiger partial charge in [-0.15, -0.1) is 0 Å². The van der Waals surface area contributed by atoms with E-state index in [1.165, 1.54) is 0 Å². The van der Waals surface area contributed by atoms with Crippen molar-refractivity contribution in [3.63, 3.8) is 0 Å². The molecule has 1 aromatic carbocycles. The van der Waals surface area contributed by atoms with Gasteiger partial charge in [-0.1, -0.05) is 28.1 Å². The summed E-state index contributed by atoms with van der Waals surface area (Å²) in [6.07, 6.45) is 0. The number of benzene rings is 1. The van der Waals surface area contributed by atoms with Gasteiger partial charge in [0.05, 0.1) is 18.3 Å². The van der Waals surface area contributed by atoms with E-state index in [-0.39, 0.29) is 0 Å². The molecule has 0 heterocycles. The third-order valence-electron chi connectivity index (χ3n) is 1.36. The van der Waals surface area contributed by atoms with Crippen molar-refractivity contribution in [3.05, 3.63) is 24.3 Å². The first kappa shape index (κ1) is 8.40. The van der Waals surface area contributed by atoms with Gasteiger partial charge in [-0.2, -0.15) is 0 Å². The van der Waals surface area contributed by atoms with E-state index in [0.717, 1.165) is 16.9 Å². The Hall–Kier alpha value is -0.700. The molecule has 2 nitrogen and oxygen atoms in total. The summed E-state index contributed by atoms with van der Waals surface area (Å²) in [6.45, 7) is 0. The maximum Gasteiger partial charge on any atom is 0.141 e. The summed E-state index contributed by atoms with van der Waals surface area (Å²) in [4.78, 5) is 0. The lowest BCUT2D eigenvalue weighted by atomic mass is 10.3. The zero-order valence-electron chi connectivity index (χ0n) is 6.30. The van der Waals surface area contributed by atoms with E-state index < -0.39 is 0 Å². The first-order valence-corrected chi connectivity index (χ1v) is 4.43. The summed E-state index contributed by atoms with van der Waals surface area (Å²) in [5.41, 5.74) is 1.74. The van der Waals surface area contributed by atoms with Gasteiger partial charge in [-0.25, -0.2) is 0 Å². The molecular weight excluding hydrogens is 206 g/mol. The Morgan fingerprint density at radius 1 is 1.45 bits per heavy atom. The fraction of sp³-hybridized carbons (Fsp3) is 0.250. The van der Waals surface area contributed by atoms with E-state index in [0.29, 0.717) is 0 Å². The van der Waals surface area contributed by atoms with E-state index in [4.69, 9.17) is 4.74 Å². The molecule has 60 valence electrons. The lowest BCUT2D eigenvalue weighted by molar-refractivity contribution is 0.416. The maximum atomic E-state index is 5.11. The second kappa shape index (κ2) is 4.23. The average molecular weight is 216 g/mol. The Bertz CT molecular complexity index is 227. The highest BCUT2D eigenvalue weighted by Gasteiger charge is 1.97. The minimum absolute atomic E-state index is 0.730. The highest BCUT2D eigenvalue weighted by atomic mass is 79.9. The van der Waals surface area contributed by atoms with Crippen molar-refractivity contribution in [1.29, 1.82) is 0 Å². The molecule has 0 bridgehead atoms. The van der Waals surface area contributed by atoms with Crippen LogP contribution in [0.5, 0.6) is 5.75 Å². The molecule has 0 amide bonds. The summed E-state index contributed by atoms with van der Waals surface area (Å²) in [5, 5.41) is 3.12. The molecule has 1 aromatic rings. The third kappa shape index (κ3) is 2.12. The molecule has 0 aromatic heterocycles. The summed E-state index contributed by atoms with van der Waals surface area (Å²) in [7, 11) is 1.66. The van der Waals surface area contributed by atoms with Crippen molar-refractivity contribution in [2.75, 3.05) is 17.9 Å². The van der Waals surface area contributed by atoms with Crippen molar-refractivity contribution in [2.45, 2.75) is 0 Å². The Balaban J connectivity index is 2.83. The molecule has 3 heteroatoms. The van der Waals surface area contributed by atoms with Gasteiger partial charge in [0.15, 0.2) is 0 Å². The van der Waals surface area contributed by atoms with Crippen LogP contribution >= 0.6 is 15.9 Å². The second-order valence-corrected chi connectivity index (χ2v) is 2.57. The number of halogens is 1. The Labute approximate surface area is 74.7 Å². The largest absolute Gasteiger partial charge is 0.495 e. The van der Waals surface area contributed by atoms with Crippen LogP contribution in [0.15, 0.2) is 24.3 Å². The van der Waals surface area contributed by atoms with Crippen LogP contribution in [0.2, 0.25) is 0 Å². The standard InChI is InChI=1S/C8H10BrNO/c1-11-8-5-3-2-4-7(8)10-6-9/h2-5,10H,6H2,1H3. The predicted octanol–water partition coefficient (Wildman–Crippen LogP) is 2.46. The summed E-state index contributed by atoms with van der Waals surface area (Å²) in [5.74, 6) is 0.868. The van der Waals surface area contributed by atoms with Gasteiger partial charge in [-0.3, -0.25) is 0 Å². The topological polar surface area (TPSA) is 21.3 Å². The number of alkyl halides is 1. The molecule has 0 aliphatic rings. The van der Waals surface area contributed by atoms with Crippen LogP contribution in [-0.2, 0) is 0 Å². The van der Waals surface area contributed by atoms with Crippen LogP contribution in [0.1, 0.15) is 0 Å². The minimum atomic E-state index is 0.730. The Kier molecular flexibility index (Phi) is 3.23. The van der Waals surface area contributed by atoms with Crippen LogP contribution in [0.3, 0.4) is 0 Å². The van der Waals surface area contributed by atoms with Gasteiger partial charge in [0.1, 0.15) is 5.75 Å². The molecule has 0 aliphatic heterocycles. The molecule has 11 heavy (non-hydrogen) atoms. The molecule has 0 radical (unpaired) electrons. The molecule has 0 atom stereocenters. The number of hydrogen-bond donors (Lipinski definition) is 1. The van der Waals surface area contributed by atoms with Crippen LogP contribution in [0, 0.1) is 0 Å². The van der Waals surface area contributed by atoms with Crippen molar-refractivity contribution in [2.24, 2.45) is 0 Å². The van der Waals surface area contributed by atoms with Crippen LogP contribution in [-0.4, -0.2) is 12.6 Å². The molecule has 0 fully saturated rings. The van der Waals surface area contributed by atoms with Crippen LogP contribution in [0.25, 0.3) is 0 Å². The summed E-state index contributed by atoms with van der Waals surface area (Å²) in [6, 6.07) is 7.80. The van der Waals surface area contributed by atoms with Crippen molar-refractivity contribution >= 4 is 21.6 Å². The van der Waals surface area contributed by atoms with E-state index in [1.54, 1.807) is 7.11 Å². The van der Waals surface area contributed by atoms with Crippen molar-refractivity contribution in [1.82, 2.24) is 0 Å². The normalized spacial score (nSPS) is 9.27. The van der Waals surface area contributed by atoms with Crippen molar-refractivity contribution < 1.29 is 4.74 Å². The quantitative estimate of drug-likeness (QED) is 0.618. The summed E-state index contributed by atoms with van der Waals surface area (Å²) >= 11 is 3.28. The number of rotatable bonds is 3. The average Bonchev–Trinajstić information content (AvgIpc) is 2.06. The number of ether oxygens (including phenoxy) is 1. The highest BCUT2D eigenvalue weighted by Crippen LogP contribution is 2.22. The molecule has 0 saturated carbocycles. The zero-order valence-corrected chi connectivity index (χ0v) is 7.89. The predicted molar refractivity (Wildman–Crippen MR) is 50.4 cm³/mol. The highest BCUT2D eigenvalue weighted by molar-refractivity contribution is 9.09. The van der Waals surface area contributed by atoms with Gasteiger partial charge in [0, 0.05) is 0 Å². The SMILES string of the molecule is COc1ccccc1NCBr. The maximum absolute atomic E-state index is 5.11. The lowest BCUT2D eigenvalue weighted by Crippen LogP contribution is -1.96.